The van der Waals surface area contributed by atoms with Gasteiger partial charge < -0.3 is 5.32 Å². The predicted molar refractivity (Wildman–Crippen MR) is 76.9 cm³/mol. The van der Waals surface area contributed by atoms with E-state index in [2.05, 4.69) is 10.2 Å². The van der Waals surface area contributed by atoms with Crippen LogP contribution in [0.4, 0.5) is 13.2 Å². The van der Waals surface area contributed by atoms with Gasteiger partial charge >= 0.3 is 0 Å². The van der Waals surface area contributed by atoms with Crippen LogP contribution < -0.4 is 5.32 Å². The SMILES string of the molecule is Fc1cc(F)c([C@@H](c2cccs2)N2CCNCC2)cc1F. The maximum absolute atomic E-state index is 14.2. The molecule has 0 aliphatic carbocycles. The molecule has 1 aliphatic rings. The molecule has 1 aliphatic heterocycles. The van der Waals surface area contributed by atoms with Gasteiger partial charge in [0.1, 0.15) is 5.82 Å². The Bertz CT molecular complexity index is 610. The molecule has 6 heteroatoms. The molecule has 1 aromatic heterocycles. The number of hydrogen-bond donors (Lipinski definition) is 1. The van der Waals surface area contributed by atoms with Crippen molar-refractivity contribution in [3.05, 3.63) is 57.5 Å². The molecule has 1 N–H and O–H groups in total. The molecule has 1 saturated heterocycles. The van der Waals surface area contributed by atoms with Gasteiger partial charge in [0.15, 0.2) is 11.6 Å². The quantitative estimate of drug-likeness (QED) is 0.876. The van der Waals surface area contributed by atoms with Crippen molar-refractivity contribution in [2.75, 3.05) is 26.2 Å². The van der Waals surface area contributed by atoms with Gasteiger partial charge in [0, 0.05) is 42.7 Å². The van der Waals surface area contributed by atoms with E-state index in [9.17, 15) is 13.2 Å². The first-order valence-electron chi connectivity index (χ1n) is 6.79. The standard InChI is InChI=1S/C15H15F3N2S/c16-11-9-13(18)12(17)8-10(11)15(14-2-1-7-21-14)20-5-3-19-4-6-20/h1-2,7-9,15,19H,3-6H2/t15-/m0/s1. The third-order valence-corrected chi connectivity index (χ3v) is 4.59. The summed E-state index contributed by atoms with van der Waals surface area (Å²) in [7, 11) is 0. The Labute approximate surface area is 125 Å². The highest BCUT2D eigenvalue weighted by Crippen LogP contribution is 2.34. The molecule has 0 radical (unpaired) electrons. The van der Waals surface area contributed by atoms with Crippen molar-refractivity contribution in [3.63, 3.8) is 0 Å². The molecule has 2 aromatic rings. The Morgan fingerprint density at radius 2 is 1.76 bits per heavy atom. The number of halogens is 3. The van der Waals surface area contributed by atoms with E-state index in [0.717, 1.165) is 37.1 Å². The Morgan fingerprint density at radius 1 is 1.05 bits per heavy atom. The first-order valence-corrected chi connectivity index (χ1v) is 7.67. The molecule has 2 heterocycles. The second-order valence-corrected chi connectivity index (χ2v) is 5.97. The molecule has 0 saturated carbocycles. The highest BCUT2D eigenvalue weighted by Gasteiger charge is 2.28. The van der Waals surface area contributed by atoms with Crippen LogP contribution in [-0.4, -0.2) is 31.1 Å². The van der Waals surface area contributed by atoms with Crippen LogP contribution in [0.15, 0.2) is 29.6 Å². The molecule has 0 amide bonds. The Kier molecular flexibility index (Phi) is 4.28. The van der Waals surface area contributed by atoms with Crippen molar-refractivity contribution in [3.8, 4) is 0 Å². The number of nitrogens with zero attached hydrogens (tertiary/aromatic N) is 1. The van der Waals surface area contributed by atoms with Gasteiger partial charge in [0.2, 0.25) is 0 Å². The highest BCUT2D eigenvalue weighted by molar-refractivity contribution is 7.10. The molecular weight excluding hydrogens is 297 g/mol. The average Bonchev–Trinajstić information content (AvgIpc) is 3.00. The van der Waals surface area contributed by atoms with Crippen LogP contribution in [0.2, 0.25) is 0 Å². The summed E-state index contributed by atoms with van der Waals surface area (Å²) in [4.78, 5) is 3.03. The van der Waals surface area contributed by atoms with E-state index in [1.807, 2.05) is 17.5 Å². The summed E-state index contributed by atoms with van der Waals surface area (Å²) in [5, 5.41) is 5.14. The van der Waals surface area contributed by atoms with Crippen LogP contribution in [0.1, 0.15) is 16.5 Å². The van der Waals surface area contributed by atoms with E-state index in [4.69, 9.17) is 0 Å². The maximum atomic E-state index is 14.2. The number of thiophene rings is 1. The predicted octanol–water partition coefficient (Wildman–Crippen LogP) is 3.16. The summed E-state index contributed by atoms with van der Waals surface area (Å²) in [6.45, 7) is 3.07. The first kappa shape index (κ1) is 14.6. The molecule has 1 fully saturated rings. The van der Waals surface area contributed by atoms with Gasteiger partial charge in [0.05, 0.1) is 6.04 Å². The zero-order valence-corrected chi connectivity index (χ0v) is 12.1. The summed E-state index contributed by atoms with van der Waals surface area (Å²) in [6, 6.07) is 5.03. The van der Waals surface area contributed by atoms with E-state index in [0.29, 0.717) is 6.07 Å². The van der Waals surface area contributed by atoms with Gasteiger partial charge in [-0.15, -0.1) is 11.3 Å². The molecule has 3 rings (SSSR count). The maximum Gasteiger partial charge on any atom is 0.161 e. The number of benzene rings is 1. The van der Waals surface area contributed by atoms with Crippen LogP contribution in [0.3, 0.4) is 0 Å². The fourth-order valence-electron chi connectivity index (χ4n) is 2.66. The number of piperazine rings is 1. The van der Waals surface area contributed by atoms with Gasteiger partial charge in [0.25, 0.3) is 0 Å². The topological polar surface area (TPSA) is 15.3 Å². The smallest absolute Gasteiger partial charge is 0.161 e. The number of hydrogen-bond acceptors (Lipinski definition) is 3. The minimum absolute atomic E-state index is 0.193. The zero-order chi connectivity index (χ0) is 14.8. The van der Waals surface area contributed by atoms with E-state index in [1.54, 1.807) is 0 Å². The lowest BCUT2D eigenvalue weighted by atomic mass is 10.0. The summed E-state index contributed by atoms with van der Waals surface area (Å²) in [5.41, 5.74) is 0.193. The van der Waals surface area contributed by atoms with Gasteiger partial charge in [-0.05, 0) is 17.5 Å². The van der Waals surface area contributed by atoms with Crippen molar-refractivity contribution in [2.24, 2.45) is 0 Å². The molecule has 2 nitrogen and oxygen atoms in total. The molecule has 1 aromatic carbocycles. The summed E-state index contributed by atoms with van der Waals surface area (Å²) in [6.07, 6.45) is 0. The van der Waals surface area contributed by atoms with E-state index < -0.39 is 17.5 Å². The van der Waals surface area contributed by atoms with Crippen molar-refractivity contribution in [2.45, 2.75) is 6.04 Å². The van der Waals surface area contributed by atoms with Crippen LogP contribution in [0, 0.1) is 17.5 Å². The number of nitrogens with one attached hydrogen (secondary N) is 1. The lowest BCUT2D eigenvalue weighted by Crippen LogP contribution is -2.45. The molecular formula is C15H15F3N2S. The second-order valence-electron chi connectivity index (χ2n) is 4.99. The van der Waals surface area contributed by atoms with Gasteiger partial charge in [-0.2, -0.15) is 0 Å². The van der Waals surface area contributed by atoms with Gasteiger partial charge in [-0.3, -0.25) is 4.90 Å². The molecule has 0 unspecified atom stereocenters. The van der Waals surface area contributed by atoms with Crippen LogP contribution >= 0.6 is 11.3 Å². The van der Waals surface area contributed by atoms with Crippen LogP contribution in [0.5, 0.6) is 0 Å². The van der Waals surface area contributed by atoms with Crippen molar-refractivity contribution in [1.29, 1.82) is 0 Å². The third kappa shape index (κ3) is 2.97. The normalized spacial score (nSPS) is 17.9. The minimum Gasteiger partial charge on any atom is -0.314 e. The molecule has 0 spiro atoms. The zero-order valence-electron chi connectivity index (χ0n) is 11.3. The van der Waals surface area contributed by atoms with E-state index in [-0.39, 0.29) is 11.6 Å². The Balaban J connectivity index is 2.04. The fraction of sp³-hybridized carbons (Fsp3) is 0.333. The fourth-order valence-corrected chi connectivity index (χ4v) is 3.54. The number of rotatable bonds is 3. The summed E-state index contributed by atoms with van der Waals surface area (Å²) >= 11 is 1.49. The van der Waals surface area contributed by atoms with Gasteiger partial charge in [-0.25, -0.2) is 13.2 Å². The lowest BCUT2D eigenvalue weighted by molar-refractivity contribution is 0.197. The van der Waals surface area contributed by atoms with Crippen molar-refractivity contribution in [1.82, 2.24) is 10.2 Å². The first-order chi connectivity index (χ1) is 10.2. The summed E-state index contributed by atoms with van der Waals surface area (Å²) in [5.74, 6) is -2.87. The van der Waals surface area contributed by atoms with Crippen molar-refractivity contribution >= 4 is 11.3 Å². The monoisotopic (exact) mass is 312 g/mol. The molecule has 1 atom stereocenters. The second kappa shape index (κ2) is 6.17. The van der Waals surface area contributed by atoms with Crippen LogP contribution in [-0.2, 0) is 0 Å². The molecule has 21 heavy (non-hydrogen) atoms. The highest BCUT2D eigenvalue weighted by atomic mass is 32.1. The molecule has 0 bridgehead atoms. The molecule has 112 valence electrons. The van der Waals surface area contributed by atoms with Crippen LogP contribution in [0.25, 0.3) is 0 Å². The van der Waals surface area contributed by atoms with Crippen molar-refractivity contribution < 1.29 is 13.2 Å². The van der Waals surface area contributed by atoms with E-state index >= 15 is 0 Å². The van der Waals surface area contributed by atoms with E-state index in [1.165, 1.54) is 11.3 Å². The minimum atomic E-state index is -1.15. The third-order valence-electron chi connectivity index (χ3n) is 3.66. The Hall–Kier alpha value is -1.37. The average molecular weight is 312 g/mol. The summed E-state index contributed by atoms with van der Waals surface area (Å²) < 4.78 is 40.9. The lowest BCUT2D eigenvalue weighted by Gasteiger charge is -2.34. The van der Waals surface area contributed by atoms with Gasteiger partial charge in [-0.1, -0.05) is 6.07 Å². The Morgan fingerprint density at radius 3 is 2.43 bits per heavy atom. The largest absolute Gasteiger partial charge is 0.314 e.